The summed E-state index contributed by atoms with van der Waals surface area (Å²) in [7, 11) is 0. The van der Waals surface area contributed by atoms with Crippen LogP contribution in [0.15, 0.2) is 36.7 Å². The molecule has 11 heteroatoms. The number of aliphatic hydroxyl groups excluding tert-OH is 3. The number of ether oxygens (including phenoxy) is 1. The van der Waals surface area contributed by atoms with E-state index in [-0.39, 0.29) is 12.4 Å². The van der Waals surface area contributed by atoms with Gasteiger partial charge in [0.1, 0.15) is 18.4 Å². The van der Waals surface area contributed by atoms with Gasteiger partial charge in [-0.2, -0.15) is 0 Å². The number of nitrogens with one attached hydrogen (secondary N) is 1. The summed E-state index contributed by atoms with van der Waals surface area (Å²) in [5.74, 6) is -3.40. The number of halogens is 1. The standard InChI is InChI=1S/C16H19IN4O6/c17-9-3-1-2-8(6-9)7-20-15(25)14-19-4-5-21(14)16(26)12(23)10(22)11(27-16)13(18)24/h1-6,10-13,22-24,26H,7,18H2,(H,20,25)/t10-,11+,12-,13?,16-/m1/s1. The van der Waals surface area contributed by atoms with Crippen LogP contribution in [0.4, 0.5) is 0 Å². The van der Waals surface area contributed by atoms with Crippen molar-refractivity contribution < 1.29 is 30.0 Å². The Hall–Kier alpha value is -1.61. The normalized spacial score (nSPS) is 28.9. The van der Waals surface area contributed by atoms with E-state index in [1.807, 2.05) is 24.3 Å². The molecule has 1 saturated heterocycles. The smallest absolute Gasteiger partial charge is 0.287 e. The van der Waals surface area contributed by atoms with Gasteiger partial charge >= 0.3 is 0 Å². The van der Waals surface area contributed by atoms with E-state index in [9.17, 15) is 25.2 Å². The zero-order valence-corrected chi connectivity index (χ0v) is 16.1. The Morgan fingerprint density at radius 2 is 2.22 bits per heavy atom. The first-order chi connectivity index (χ1) is 12.7. The van der Waals surface area contributed by atoms with E-state index < -0.39 is 36.4 Å². The Bertz CT molecular complexity index is 831. The van der Waals surface area contributed by atoms with Crippen molar-refractivity contribution in [3.63, 3.8) is 0 Å². The van der Waals surface area contributed by atoms with Gasteiger partial charge in [0.2, 0.25) is 5.82 Å². The quantitative estimate of drug-likeness (QED) is 0.216. The van der Waals surface area contributed by atoms with E-state index in [2.05, 4.69) is 32.9 Å². The van der Waals surface area contributed by atoms with Crippen molar-refractivity contribution in [2.45, 2.75) is 37.0 Å². The van der Waals surface area contributed by atoms with Crippen molar-refractivity contribution in [1.29, 1.82) is 0 Å². The highest BCUT2D eigenvalue weighted by Crippen LogP contribution is 2.34. The highest BCUT2D eigenvalue weighted by molar-refractivity contribution is 14.1. The molecular formula is C16H19IN4O6. The maximum atomic E-state index is 12.5. The number of carbonyl (C=O) groups is 1. The van der Waals surface area contributed by atoms with Crippen LogP contribution in [-0.4, -0.2) is 60.4 Å². The zero-order chi connectivity index (χ0) is 19.8. The lowest BCUT2D eigenvalue weighted by Gasteiger charge is -2.28. The second-order valence-corrected chi connectivity index (χ2v) is 7.35. The van der Waals surface area contributed by atoms with Crippen LogP contribution >= 0.6 is 22.6 Å². The Morgan fingerprint density at radius 1 is 1.48 bits per heavy atom. The SMILES string of the molecule is NC(O)[C@H]1O[C@@](O)(n2ccnc2C(=O)NCc2cccc(I)c2)[C@H](O)[C@@H]1O. The van der Waals surface area contributed by atoms with Crippen LogP contribution in [0.5, 0.6) is 0 Å². The number of aromatic nitrogens is 2. The molecule has 0 saturated carbocycles. The Morgan fingerprint density at radius 3 is 2.85 bits per heavy atom. The predicted molar refractivity (Wildman–Crippen MR) is 99.8 cm³/mol. The van der Waals surface area contributed by atoms with Gasteiger partial charge in [-0.25, -0.2) is 4.98 Å². The van der Waals surface area contributed by atoms with Gasteiger partial charge in [-0.05, 0) is 40.3 Å². The Kier molecular flexibility index (Phi) is 5.81. The highest BCUT2D eigenvalue weighted by atomic mass is 127. The first-order valence-electron chi connectivity index (χ1n) is 8.00. The summed E-state index contributed by atoms with van der Waals surface area (Å²) in [6.07, 6.45) is -4.19. The van der Waals surface area contributed by atoms with E-state index in [1.165, 1.54) is 12.4 Å². The van der Waals surface area contributed by atoms with Crippen molar-refractivity contribution in [2.75, 3.05) is 0 Å². The summed E-state index contributed by atoms with van der Waals surface area (Å²) >= 11 is 2.16. The summed E-state index contributed by atoms with van der Waals surface area (Å²) in [6.45, 7) is 0.219. The van der Waals surface area contributed by atoms with Crippen molar-refractivity contribution in [3.05, 3.63) is 51.6 Å². The summed E-state index contributed by atoms with van der Waals surface area (Å²) in [4.78, 5) is 16.4. The van der Waals surface area contributed by atoms with E-state index in [4.69, 9.17) is 10.5 Å². The maximum absolute atomic E-state index is 12.5. The van der Waals surface area contributed by atoms with E-state index >= 15 is 0 Å². The minimum atomic E-state index is -2.52. The van der Waals surface area contributed by atoms with Crippen LogP contribution in [0, 0.1) is 3.57 Å². The average Bonchev–Trinajstić information content (AvgIpc) is 3.20. The number of hydrogen-bond donors (Lipinski definition) is 6. The molecule has 146 valence electrons. The van der Waals surface area contributed by atoms with Crippen molar-refractivity contribution in [2.24, 2.45) is 5.73 Å². The molecule has 2 aromatic rings. The minimum absolute atomic E-state index is 0.219. The van der Waals surface area contributed by atoms with Crippen LogP contribution in [0.3, 0.4) is 0 Å². The molecule has 0 spiro atoms. The zero-order valence-electron chi connectivity index (χ0n) is 13.9. The van der Waals surface area contributed by atoms with E-state index in [0.717, 1.165) is 13.7 Å². The van der Waals surface area contributed by atoms with Gasteiger partial charge in [0.15, 0.2) is 6.10 Å². The van der Waals surface area contributed by atoms with E-state index in [0.29, 0.717) is 0 Å². The topological polar surface area (TPSA) is 163 Å². The molecular weight excluding hydrogens is 471 g/mol. The molecule has 0 bridgehead atoms. The van der Waals surface area contributed by atoms with Crippen LogP contribution in [0.2, 0.25) is 0 Å². The number of benzene rings is 1. The number of imidazole rings is 1. The molecule has 1 unspecified atom stereocenters. The maximum Gasteiger partial charge on any atom is 0.287 e. The number of rotatable bonds is 5. The molecule has 7 N–H and O–H groups in total. The predicted octanol–water partition coefficient (Wildman–Crippen LogP) is -1.58. The third-order valence-corrected chi connectivity index (χ3v) is 4.89. The monoisotopic (exact) mass is 490 g/mol. The third-order valence-electron chi connectivity index (χ3n) is 4.22. The average molecular weight is 490 g/mol. The molecule has 3 rings (SSSR count). The fraction of sp³-hybridized carbons (Fsp3) is 0.375. The summed E-state index contributed by atoms with van der Waals surface area (Å²) in [6, 6.07) is 7.51. The fourth-order valence-electron chi connectivity index (χ4n) is 2.85. The van der Waals surface area contributed by atoms with Crippen LogP contribution in [-0.2, 0) is 17.2 Å². The lowest BCUT2D eigenvalue weighted by molar-refractivity contribution is -0.293. The second kappa shape index (κ2) is 7.79. The number of carbonyl (C=O) groups excluding carboxylic acids is 1. The number of nitrogens with zero attached hydrogens (tertiary/aromatic N) is 2. The molecule has 5 atom stereocenters. The third kappa shape index (κ3) is 3.85. The van der Waals surface area contributed by atoms with Gasteiger partial charge in [-0.1, -0.05) is 12.1 Å². The molecule has 1 aliphatic rings. The van der Waals surface area contributed by atoms with Crippen LogP contribution in [0.1, 0.15) is 16.2 Å². The van der Waals surface area contributed by atoms with Gasteiger partial charge in [-0.3, -0.25) is 9.36 Å². The number of aliphatic hydroxyl groups is 4. The molecule has 27 heavy (non-hydrogen) atoms. The largest absolute Gasteiger partial charge is 0.387 e. The molecule has 1 fully saturated rings. The Labute approximate surface area is 167 Å². The lowest BCUT2D eigenvalue weighted by Crippen LogP contribution is -2.47. The van der Waals surface area contributed by atoms with Crippen LogP contribution < -0.4 is 11.1 Å². The molecule has 0 aliphatic carbocycles. The summed E-state index contributed by atoms with van der Waals surface area (Å²) in [5.41, 5.74) is 6.16. The summed E-state index contributed by atoms with van der Waals surface area (Å²) in [5, 5.41) is 42.9. The first-order valence-corrected chi connectivity index (χ1v) is 9.08. The fourth-order valence-corrected chi connectivity index (χ4v) is 3.46. The highest BCUT2D eigenvalue weighted by Gasteiger charge is 2.57. The molecule has 10 nitrogen and oxygen atoms in total. The lowest BCUT2D eigenvalue weighted by atomic mass is 10.1. The molecule has 0 radical (unpaired) electrons. The molecule has 2 heterocycles. The van der Waals surface area contributed by atoms with Gasteiger partial charge in [0, 0.05) is 22.5 Å². The Balaban J connectivity index is 1.80. The number of nitrogens with two attached hydrogens (primary N) is 1. The van der Waals surface area contributed by atoms with Gasteiger partial charge < -0.3 is 36.2 Å². The number of amides is 1. The second-order valence-electron chi connectivity index (χ2n) is 6.10. The molecule has 1 aromatic carbocycles. The first kappa shape index (κ1) is 20.1. The molecule has 1 amide bonds. The number of hydrogen-bond acceptors (Lipinski definition) is 8. The minimum Gasteiger partial charge on any atom is -0.387 e. The van der Waals surface area contributed by atoms with E-state index in [1.54, 1.807) is 0 Å². The summed E-state index contributed by atoms with van der Waals surface area (Å²) < 4.78 is 7.07. The molecule has 1 aliphatic heterocycles. The van der Waals surface area contributed by atoms with Crippen molar-refractivity contribution in [3.8, 4) is 0 Å². The van der Waals surface area contributed by atoms with Gasteiger partial charge in [0.25, 0.3) is 11.8 Å². The van der Waals surface area contributed by atoms with Gasteiger partial charge in [0.05, 0.1) is 0 Å². The van der Waals surface area contributed by atoms with Crippen LogP contribution in [0.25, 0.3) is 0 Å². The van der Waals surface area contributed by atoms with Crippen molar-refractivity contribution in [1.82, 2.24) is 14.9 Å². The molecule has 1 aromatic heterocycles. The van der Waals surface area contributed by atoms with Gasteiger partial charge in [-0.15, -0.1) is 0 Å². The van der Waals surface area contributed by atoms with Crippen molar-refractivity contribution >= 4 is 28.5 Å².